The molecule has 4 rings (SSSR count). The zero-order valence-corrected chi connectivity index (χ0v) is 17.9. The smallest absolute Gasteiger partial charge is 0.260 e. The first kappa shape index (κ1) is 19.2. The van der Waals surface area contributed by atoms with Gasteiger partial charge in [-0.2, -0.15) is 0 Å². The summed E-state index contributed by atoms with van der Waals surface area (Å²) in [6, 6.07) is 7.79. The number of aromatic amines is 1. The quantitative estimate of drug-likeness (QED) is 0.625. The molecule has 1 N–H and O–H groups in total. The first-order chi connectivity index (χ1) is 13.4. The van der Waals surface area contributed by atoms with Crippen molar-refractivity contribution < 1.29 is 4.74 Å². The number of thiophene rings is 1. The normalized spacial score (nSPS) is 16.9. The maximum Gasteiger partial charge on any atom is 0.260 e. The molecule has 1 atom stereocenters. The summed E-state index contributed by atoms with van der Waals surface area (Å²) in [6.45, 7) is 9.66. The number of nitrogens with zero attached hydrogens (tertiary/aromatic N) is 1. The average molecular weight is 397 g/mol. The van der Waals surface area contributed by atoms with Crippen LogP contribution in [0.2, 0.25) is 0 Å². The van der Waals surface area contributed by atoms with Crippen LogP contribution in [-0.4, -0.2) is 16.6 Å². The molecule has 0 spiro atoms. The molecule has 4 nitrogen and oxygen atoms in total. The number of para-hydroxylation sites is 1. The fourth-order valence-corrected chi connectivity index (χ4v) is 5.35. The SMILES string of the molecule is CCCOc1ccccc1-c1nc2sc3c(c2c(=O)[nH]1)CCC(C(C)(C)C)C3. The Bertz CT molecular complexity index is 1060. The van der Waals surface area contributed by atoms with Crippen molar-refractivity contribution in [1.29, 1.82) is 0 Å². The van der Waals surface area contributed by atoms with Crippen LogP contribution in [0.15, 0.2) is 29.1 Å². The molecule has 2 heterocycles. The van der Waals surface area contributed by atoms with E-state index in [4.69, 9.17) is 9.72 Å². The van der Waals surface area contributed by atoms with E-state index in [2.05, 4.69) is 32.7 Å². The van der Waals surface area contributed by atoms with Crippen LogP contribution in [0.3, 0.4) is 0 Å². The monoisotopic (exact) mass is 396 g/mol. The Balaban J connectivity index is 1.78. The van der Waals surface area contributed by atoms with Gasteiger partial charge < -0.3 is 9.72 Å². The van der Waals surface area contributed by atoms with Crippen molar-refractivity contribution >= 4 is 21.6 Å². The van der Waals surface area contributed by atoms with Gasteiger partial charge in [0.2, 0.25) is 0 Å². The van der Waals surface area contributed by atoms with Crippen molar-refractivity contribution in [3.05, 3.63) is 45.1 Å². The van der Waals surface area contributed by atoms with E-state index in [1.165, 1.54) is 10.4 Å². The first-order valence-corrected chi connectivity index (χ1v) is 11.0. The summed E-state index contributed by atoms with van der Waals surface area (Å²) < 4.78 is 5.87. The van der Waals surface area contributed by atoms with E-state index in [1.807, 2.05) is 24.3 Å². The molecule has 0 saturated heterocycles. The van der Waals surface area contributed by atoms with E-state index < -0.39 is 0 Å². The molecule has 1 aliphatic carbocycles. The van der Waals surface area contributed by atoms with Gasteiger partial charge in [-0.05, 0) is 54.7 Å². The van der Waals surface area contributed by atoms with Crippen molar-refractivity contribution in [3.63, 3.8) is 0 Å². The third-order valence-electron chi connectivity index (χ3n) is 5.75. The van der Waals surface area contributed by atoms with Gasteiger partial charge >= 0.3 is 0 Å². The zero-order chi connectivity index (χ0) is 19.9. The number of aryl methyl sites for hydroxylation is 1. The van der Waals surface area contributed by atoms with E-state index in [9.17, 15) is 4.79 Å². The highest BCUT2D eigenvalue weighted by atomic mass is 32.1. The van der Waals surface area contributed by atoms with E-state index >= 15 is 0 Å². The van der Waals surface area contributed by atoms with Gasteiger partial charge in [0.15, 0.2) is 0 Å². The molecule has 0 bridgehead atoms. The Kier molecular flexibility index (Phi) is 5.04. The largest absolute Gasteiger partial charge is 0.493 e. The molecule has 0 fully saturated rings. The predicted molar refractivity (Wildman–Crippen MR) is 116 cm³/mol. The third-order valence-corrected chi connectivity index (χ3v) is 6.90. The van der Waals surface area contributed by atoms with Crippen LogP contribution < -0.4 is 10.3 Å². The minimum atomic E-state index is -0.0306. The summed E-state index contributed by atoms with van der Waals surface area (Å²) >= 11 is 1.69. The summed E-state index contributed by atoms with van der Waals surface area (Å²) in [5.74, 6) is 2.01. The predicted octanol–water partition coefficient (Wildman–Crippen LogP) is 5.59. The number of rotatable bonds is 4. The summed E-state index contributed by atoms with van der Waals surface area (Å²) in [4.78, 5) is 23.0. The number of hydrogen-bond donors (Lipinski definition) is 1. The molecular weight excluding hydrogens is 368 g/mol. The van der Waals surface area contributed by atoms with Crippen LogP contribution in [0.25, 0.3) is 21.6 Å². The number of aromatic nitrogens is 2. The molecule has 28 heavy (non-hydrogen) atoms. The molecule has 2 aromatic heterocycles. The number of H-pyrrole nitrogens is 1. The fourth-order valence-electron chi connectivity index (χ4n) is 4.05. The van der Waals surface area contributed by atoms with Gasteiger partial charge in [0.25, 0.3) is 5.56 Å². The molecule has 1 aromatic carbocycles. The van der Waals surface area contributed by atoms with Crippen molar-refractivity contribution in [2.75, 3.05) is 6.61 Å². The first-order valence-electron chi connectivity index (χ1n) is 10.1. The Labute approximate surface area is 170 Å². The molecule has 1 unspecified atom stereocenters. The van der Waals surface area contributed by atoms with Crippen molar-refractivity contribution in [3.8, 4) is 17.1 Å². The summed E-state index contributed by atoms with van der Waals surface area (Å²) in [7, 11) is 0. The molecule has 0 saturated carbocycles. The zero-order valence-electron chi connectivity index (χ0n) is 17.1. The minimum absolute atomic E-state index is 0.0306. The molecule has 0 amide bonds. The lowest BCUT2D eigenvalue weighted by molar-refractivity contribution is 0.218. The summed E-state index contributed by atoms with van der Waals surface area (Å²) in [5, 5.41) is 0.795. The van der Waals surface area contributed by atoms with Gasteiger partial charge in [-0.25, -0.2) is 4.98 Å². The van der Waals surface area contributed by atoms with Gasteiger partial charge in [-0.1, -0.05) is 39.8 Å². The van der Waals surface area contributed by atoms with Crippen molar-refractivity contribution in [2.24, 2.45) is 11.3 Å². The third kappa shape index (κ3) is 3.48. The van der Waals surface area contributed by atoms with Crippen LogP contribution in [0.5, 0.6) is 5.75 Å². The van der Waals surface area contributed by atoms with Crippen molar-refractivity contribution in [2.45, 2.75) is 53.4 Å². The molecule has 5 heteroatoms. The molecule has 0 radical (unpaired) electrons. The fraction of sp³-hybridized carbons (Fsp3) is 0.478. The van der Waals surface area contributed by atoms with Gasteiger partial charge in [-0.15, -0.1) is 11.3 Å². The number of nitrogens with one attached hydrogen (secondary N) is 1. The number of hydrogen-bond acceptors (Lipinski definition) is 4. The van der Waals surface area contributed by atoms with E-state index in [0.717, 1.165) is 47.2 Å². The Morgan fingerprint density at radius 2 is 2.07 bits per heavy atom. The number of fused-ring (bicyclic) bond motifs is 3. The van der Waals surface area contributed by atoms with Gasteiger partial charge in [0, 0.05) is 4.88 Å². The lowest BCUT2D eigenvalue weighted by Crippen LogP contribution is -2.26. The van der Waals surface area contributed by atoms with Crippen LogP contribution in [-0.2, 0) is 12.8 Å². The topological polar surface area (TPSA) is 55.0 Å². The van der Waals surface area contributed by atoms with Crippen LogP contribution >= 0.6 is 11.3 Å². The molecule has 0 aliphatic heterocycles. The Morgan fingerprint density at radius 3 is 2.82 bits per heavy atom. The molecule has 3 aromatic rings. The lowest BCUT2D eigenvalue weighted by atomic mass is 9.72. The van der Waals surface area contributed by atoms with Crippen LogP contribution in [0.4, 0.5) is 0 Å². The highest BCUT2D eigenvalue weighted by molar-refractivity contribution is 7.18. The average Bonchev–Trinajstić information content (AvgIpc) is 3.04. The number of ether oxygens (including phenoxy) is 1. The van der Waals surface area contributed by atoms with Crippen LogP contribution in [0, 0.1) is 11.3 Å². The van der Waals surface area contributed by atoms with E-state index in [-0.39, 0.29) is 11.0 Å². The second-order valence-electron chi connectivity index (χ2n) is 8.75. The maximum atomic E-state index is 13.0. The van der Waals surface area contributed by atoms with E-state index in [0.29, 0.717) is 18.3 Å². The lowest BCUT2D eigenvalue weighted by Gasteiger charge is -2.33. The molecule has 148 valence electrons. The second-order valence-corrected chi connectivity index (χ2v) is 9.83. The van der Waals surface area contributed by atoms with Crippen LogP contribution in [0.1, 0.15) is 51.0 Å². The van der Waals surface area contributed by atoms with Gasteiger partial charge in [-0.3, -0.25) is 4.79 Å². The standard InChI is InChI=1S/C23H28N2O2S/c1-5-12-27-17-9-7-6-8-15(17)20-24-21(26)19-16-11-10-14(23(2,3)4)13-18(16)28-22(19)25-20/h6-9,14H,5,10-13H2,1-4H3,(H,24,25,26). The number of benzene rings is 1. The Hall–Kier alpha value is -2.14. The Morgan fingerprint density at radius 1 is 1.29 bits per heavy atom. The molecular formula is C23H28N2O2S. The summed E-state index contributed by atoms with van der Waals surface area (Å²) in [6.07, 6.45) is 4.09. The summed E-state index contributed by atoms with van der Waals surface area (Å²) in [5.41, 5.74) is 2.32. The minimum Gasteiger partial charge on any atom is -0.493 e. The van der Waals surface area contributed by atoms with Crippen molar-refractivity contribution in [1.82, 2.24) is 9.97 Å². The second kappa shape index (κ2) is 7.36. The highest BCUT2D eigenvalue weighted by Gasteiger charge is 2.31. The van der Waals surface area contributed by atoms with Gasteiger partial charge in [0.05, 0.1) is 17.6 Å². The maximum absolute atomic E-state index is 13.0. The van der Waals surface area contributed by atoms with Gasteiger partial charge in [0.1, 0.15) is 16.4 Å². The van der Waals surface area contributed by atoms with E-state index in [1.54, 1.807) is 11.3 Å². The molecule has 1 aliphatic rings. The highest BCUT2D eigenvalue weighted by Crippen LogP contribution is 2.42.